The molecule has 1 heterocycles. The highest BCUT2D eigenvalue weighted by Gasteiger charge is 2.23. The molecular formula is C20H28N2O3S. The minimum Gasteiger partial charge on any atom is -0.493 e. The van der Waals surface area contributed by atoms with Gasteiger partial charge in [-0.25, -0.2) is 13.1 Å². The molecule has 1 aromatic heterocycles. The van der Waals surface area contributed by atoms with Gasteiger partial charge in [0.1, 0.15) is 5.75 Å². The van der Waals surface area contributed by atoms with E-state index in [0.717, 1.165) is 29.7 Å². The number of ether oxygens (including phenoxy) is 1. The first-order valence-corrected chi connectivity index (χ1v) is 10.4. The molecule has 0 spiro atoms. The molecule has 1 N–H and O–H groups in total. The number of hydrogen-bond acceptors (Lipinski definition) is 4. The van der Waals surface area contributed by atoms with Crippen molar-refractivity contribution < 1.29 is 13.2 Å². The monoisotopic (exact) mass is 376 g/mol. The Morgan fingerprint density at radius 2 is 1.96 bits per heavy atom. The molecule has 0 aliphatic carbocycles. The zero-order valence-electron chi connectivity index (χ0n) is 16.0. The molecule has 142 valence electrons. The van der Waals surface area contributed by atoms with Crippen LogP contribution in [0.2, 0.25) is 0 Å². The van der Waals surface area contributed by atoms with Crippen LogP contribution in [0, 0.1) is 0 Å². The Balaban J connectivity index is 2.25. The van der Waals surface area contributed by atoms with Crippen molar-refractivity contribution in [2.75, 3.05) is 6.61 Å². The second-order valence-electron chi connectivity index (χ2n) is 7.30. The molecule has 1 aromatic carbocycles. The first-order valence-electron chi connectivity index (χ1n) is 8.90. The normalized spacial score (nSPS) is 12.2. The molecular weight excluding hydrogens is 348 g/mol. The molecule has 2 rings (SSSR count). The maximum absolute atomic E-state index is 12.7. The highest BCUT2D eigenvalue weighted by molar-refractivity contribution is 7.89. The maximum atomic E-state index is 12.7. The van der Waals surface area contributed by atoms with Crippen molar-refractivity contribution in [1.82, 2.24) is 9.71 Å². The molecule has 26 heavy (non-hydrogen) atoms. The molecule has 0 saturated carbocycles. The van der Waals surface area contributed by atoms with E-state index < -0.39 is 10.0 Å². The number of rotatable bonds is 8. The summed E-state index contributed by atoms with van der Waals surface area (Å²) in [6.07, 6.45) is 5.32. The molecule has 0 atom stereocenters. The summed E-state index contributed by atoms with van der Waals surface area (Å²) in [6.45, 7) is 9.09. The summed E-state index contributed by atoms with van der Waals surface area (Å²) in [5, 5.41) is 0. The lowest BCUT2D eigenvalue weighted by Gasteiger charge is -2.24. The predicted octanol–water partition coefficient (Wildman–Crippen LogP) is 4.04. The van der Waals surface area contributed by atoms with E-state index in [0.29, 0.717) is 6.61 Å². The van der Waals surface area contributed by atoms with E-state index in [1.165, 1.54) is 0 Å². The van der Waals surface area contributed by atoms with E-state index >= 15 is 0 Å². The summed E-state index contributed by atoms with van der Waals surface area (Å²) in [6, 6.07) is 8.69. The number of aromatic nitrogens is 1. The van der Waals surface area contributed by atoms with Gasteiger partial charge in [0.25, 0.3) is 0 Å². The van der Waals surface area contributed by atoms with Crippen LogP contribution in [0.5, 0.6) is 5.75 Å². The van der Waals surface area contributed by atoms with Crippen LogP contribution >= 0.6 is 0 Å². The third kappa shape index (κ3) is 5.54. The topological polar surface area (TPSA) is 68.3 Å². The highest BCUT2D eigenvalue weighted by Crippen LogP contribution is 2.33. The smallest absolute Gasteiger partial charge is 0.240 e. The van der Waals surface area contributed by atoms with Crippen molar-refractivity contribution in [3.8, 4) is 5.75 Å². The van der Waals surface area contributed by atoms with Crippen LogP contribution < -0.4 is 9.46 Å². The first kappa shape index (κ1) is 20.4. The average molecular weight is 377 g/mol. The molecule has 0 fully saturated rings. The number of benzene rings is 1. The number of pyridine rings is 1. The molecule has 6 heteroatoms. The van der Waals surface area contributed by atoms with Crippen LogP contribution in [0.3, 0.4) is 0 Å². The Morgan fingerprint density at radius 1 is 1.19 bits per heavy atom. The third-order valence-electron chi connectivity index (χ3n) is 4.01. The number of sulfonamides is 1. The fourth-order valence-electron chi connectivity index (χ4n) is 2.48. The molecule has 0 amide bonds. The molecule has 5 nitrogen and oxygen atoms in total. The predicted molar refractivity (Wildman–Crippen MR) is 104 cm³/mol. The zero-order chi connectivity index (χ0) is 19.2. The van der Waals surface area contributed by atoms with E-state index in [-0.39, 0.29) is 16.9 Å². The van der Waals surface area contributed by atoms with E-state index in [1.807, 2.05) is 6.07 Å². The molecule has 0 bridgehead atoms. The van der Waals surface area contributed by atoms with Crippen LogP contribution in [0.1, 0.15) is 51.7 Å². The Kier molecular flexibility index (Phi) is 6.78. The van der Waals surface area contributed by atoms with Crippen LogP contribution in [0.15, 0.2) is 47.6 Å². The zero-order valence-corrected chi connectivity index (χ0v) is 16.8. The van der Waals surface area contributed by atoms with Gasteiger partial charge in [-0.05, 0) is 41.7 Å². The van der Waals surface area contributed by atoms with E-state index in [2.05, 4.69) is 37.4 Å². The number of hydrogen-bond donors (Lipinski definition) is 1. The van der Waals surface area contributed by atoms with E-state index in [1.54, 1.807) is 36.7 Å². The van der Waals surface area contributed by atoms with Crippen LogP contribution in [0.4, 0.5) is 0 Å². The molecule has 0 saturated heterocycles. The van der Waals surface area contributed by atoms with Crippen molar-refractivity contribution >= 4 is 10.0 Å². The molecule has 0 radical (unpaired) electrons. The minimum atomic E-state index is -3.62. The summed E-state index contributed by atoms with van der Waals surface area (Å²) in [4.78, 5) is 4.24. The Morgan fingerprint density at radius 3 is 2.58 bits per heavy atom. The van der Waals surface area contributed by atoms with Gasteiger partial charge in [0.15, 0.2) is 0 Å². The summed E-state index contributed by atoms with van der Waals surface area (Å²) >= 11 is 0. The fourth-order valence-corrected chi connectivity index (χ4v) is 3.52. The summed E-state index contributed by atoms with van der Waals surface area (Å²) < 4.78 is 33.9. The largest absolute Gasteiger partial charge is 0.493 e. The van der Waals surface area contributed by atoms with Crippen molar-refractivity contribution in [1.29, 1.82) is 0 Å². The van der Waals surface area contributed by atoms with Crippen molar-refractivity contribution in [3.63, 3.8) is 0 Å². The lowest BCUT2D eigenvalue weighted by Crippen LogP contribution is -2.24. The van der Waals surface area contributed by atoms with Gasteiger partial charge < -0.3 is 4.74 Å². The maximum Gasteiger partial charge on any atom is 0.240 e. The molecule has 0 aliphatic rings. The Bertz CT molecular complexity index is 813. The van der Waals surface area contributed by atoms with Crippen molar-refractivity contribution in [2.24, 2.45) is 0 Å². The van der Waals surface area contributed by atoms with Crippen molar-refractivity contribution in [2.45, 2.75) is 57.4 Å². The van der Waals surface area contributed by atoms with Gasteiger partial charge in [-0.15, -0.1) is 0 Å². The second kappa shape index (κ2) is 8.64. The summed E-state index contributed by atoms with van der Waals surface area (Å²) in [7, 11) is -3.62. The van der Waals surface area contributed by atoms with Gasteiger partial charge in [-0.3, -0.25) is 4.98 Å². The Labute approximate surface area is 156 Å². The van der Waals surface area contributed by atoms with Crippen LogP contribution in [-0.2, 0) is 22.0 Å². The average Bonchev–Trinajstić information content (AvgIpc) is 2.60. The van der Waals surface area contributed by atoms with Crippen molar-refractivity contribution in [3.05, 3.63) is 53.9 Å². The number of nitrogens with zero attached hydrogens (tertiary/aromatic N) is 1. The lowest BCUT2D eigenvalue weighted by molar-refractivity contribution is 0.301. The van der Waals surface area contributed by atoms with Gasteiger partial charge in [0, 0.05) is 24.5 Å². The van der Waals surface area contributed by atoms with Gasteiger partial charge in [-0.2, -0.15) is 0 Å². The van der Waals surface area contributed by atoms with Crippen LogP contribution in [-0.4, -0.2) is 20.0 Å². The minimum absolute atomic E-state index is 0.204. The van der Waals surface area contributed by atoms with E-state index in [4.69, 9.17) is 4.74 Å². The summed E-state index contributed by atoms with van der Waals surface area (Å²) in [5.74, 6) is 0.747. The standard InChI is InChI=1S/C20H28N2O3S/c1-5-6-12-25-19-10-9-17(13-18(19)20(2,3)4)26(23,24)22-15-16-8-7-11-21-14-16/h7-11,13-14,22H,5-6,12,15H2,1-4H3. The first-order chi connectivity index (χ1) is 12.2. The van der Waals surface area contributed by atoms with Gasteiger partial charge in [0.05, 0.1) is 11.5 Å². The number of nitrogens with one attached hydrogen (secondary N) is 1. The Hall–Kier alpha value is -1.92. The van der Waals surface area contributed by atoms with Gasteiger partial charge in [-0.1, -0.05) is 40.2 Å². The quantitative estimate of drug-likeness (QED) is 0.706. The molecule has 0 aliphatic heterocycles. The second-order valence-corrected chi connectivity index (χ2v) is 9.06. The number of unbranched alkanes of at least 4 members (excludes halogenated alkanes) is 1. The summed E-state index contributed by atoms with van der Waals surface area (Å²) in [5.41, 5.74) is 1.47. The van der Waals surface area contributed by atoms with Gasteiger partial charge >= 0.3 is 0 Å². The van der Waals surface area contributed by atoms with E-state index in [9.17, 15) is 8.42 Å². The van der Waals surface area contributed by atoms with Gasteiger partial charge in [0.2, 0.25) is 10.0 Å². The molecule has 2 aromatic rings. The third-order valence-corrected chi connectivity index (χ3v) is 5.41. The highest BCUT2D eigenvalue weighted by atomic mass is 32.2. The van der Waals surface area contributed by atoms with Crippen LogP contribution in [0.25, 0.3) is 0 Å². The fraction of sp³-hybridized carbons (Fsp3) is 0.450. The SMILES string of the molecule is CCCCOc1ccc(S(=O)(=O)NCc2cccnc2)cc1C(C)(C)C. The molecule has 0 unspecified atom stereocenters. The lowest BCUT2D eigenvalue weighted by atomic mass is 9.86.